The van der Waals surface area contributed by atoms with Gasteiger partial charge in [-0.2, -0.15) is 4.98 Å². The second-order valence-corrected chi connectivity index (χ2v) is 4.62. The minimum Gasteiger partial charge on any atom is -0.337 e. The number of rotatable bonds is 4. The van der Waals surface area contributed by atoms with Gasteiger partial charge in [0, 0.05) is 18.5 Å². The van der Waals surface area contributed by atoms with E-state index in [-0.39, 0.29) is 11.9 Å². The van der Waals surface area contributed by atoms with E-state index in [1.807, 2.05) is 44.2 Å². The molecule has 2 aromatic rings. The lowest BCUT2D eigenvalue weighted by atomic mass is 10.2. The first-order valence-corrected chi connectivity index (χ1v) is 6.23. The van der Waals surface area contributed by atoms with Gasteiger partial charge in [-0.05, 0) is 13.8 Å². The Morgan fingerprint density at radius 1 is 1.32 bits per heavy atom. The predicted molar refractivity (Wildman–Crippen MR) is 71.1 cm³/mol. The molecular formula is C14H17N3O2. The highest BCUT2D eigenvalue weighted by atomic mass is 16.5. The Kier molecular flexibility index (Phi) is 3.94. The van der Waals surface area contributed by atoms with Crippen LogP contribution in [0.25, 0.3) is 11.4 Å². The van der Waals surface area contributed by atoms with Crippen molar-refractivity contribution in [1.82, 2.24) is 15.0 Å². The Hall–Kier alpha value is -2.17. The van der Waals surface area contributed by atoms with Gasteiger partial charge in [0.05, 0.1) is 0 Å². The summed E-state index contributed by atoms with van der Waals surface area (Å²) in [7, 11) is 0. The van der Waals surface area contributed by atoms with E-state index in [0.29, 0.717) is 18.3 Å². The van der Waals surface area contributed by atoms with E-state index in [4.69, 9.17) is 4.52 Å². The minimum atomic E-state index is -0.00513. The van der Waals surface area contributed by atoms with Crippen LogP contribution in [-0.2, 0) is 11.3 Å². The zero-order valence-electron chi connectivity index (χ0n) is 11.3. The number of carbonyl (C=O) groups excluding carboxylic acids is 1. The number of hydrogen-bond donors (Lipinski definition) is 0. The Morgan fingerprint density at radius 3 is 2.58 bits per heavy atom. The lowest BCUT2D eigenvalue weighted by Crippen LogP contribution is -2.34. The van der Waals surface area contributed by atoms with Crippen LogP contribution in [0.3, 0.4) is 0 Å². The van der Waals surface area contributed by atoms with Gasteiger partial charge in [0.25, 0.3) is 0 Å². The first kappa shape index (κ1) is 13.3. The number of benzene rings is 1. The van der Waals surface area contributed by atoms with Crippen LogP contribution in [0.5, 0.6) is 0 Å². The van der Waals surface area contributed by atoms with Crippen molar-refractivity contribution in [2.45, 2.75) is 33.4 Å². The Labute approximate surface area is 112 Å². The summed E-state index contributed by atoms with van der Waals surface area (Å²) in [6.07, 6.45) is 0. The van der Waals surface area contributed by atoms with E-state index < -0.39 is 0 Å². The van der Waals surface area contributed by atoms with E-state index in [1.165, 1.54) is 6.92 Å². The molecule has 0 N–H and O–H groups in total. The smallest absolute Gasteiger partial charge is 0.246 e. The molecule has 1 heterocycles. The first-order valence-electron chi connectivity index (χ1n) is 6.23. The maximum atomic E-state index is 11.5. The fourth-order valence-corrected chi connectivity index (χ4v) is 1.83. The molecule has 0 unspecified atom stereocenters. The maximum Gasteiger partial charge on any atom is 0.246 e. The summed E-state index contributed by atoms with van der Waals surface area (Å²) in [6.45, 7) is 5.78. The van der Waals surface area contributed by atoms with Gasteiger partial charge in [-0.3, -0.25) is 4.79 Å². The van der Waals surface area contributed by atoms with Gasteiger partial charge >= 0.3 is 0 Å². The summed E-state index contributed by atoms with van der Waals surface area (Å²) in [6, 6.07) is 9.70. The van der Waals surface area contributed by atoms with Crippen LogP contribution in [0.15, 0.2) is 34.9 Å². The molecule has 0 atom stereocenters. The average Bonchev–Trinajstić information content (AvgIpc) is 2.85. The molecule has 0 radical (unpaired) electrons. The molecule has 2 rings (SSSR count). The molecule has 1 amide bonds. The Balaban J connectivity index is 2.16. The number of nitrogens with zero attached hydrogens (tertiary/aromatic N) is 3. The summed E-state index contributed by atoms with van der Waals surface area (Å²) in [5, 5.41) is 3.93. The van der Waals surface area contributed by atoms with Gasteiger partial charge in [-0.15, -0.1) is 0 Å². The van der Waals surface area contributed by atoms with Crippen molar-refractivity contribution >= 4 is 5.91 Å². The molecule has 0 aliphatic heterocycles. The number of hydrogen-bond acceptors (Lipinski definition) is 4. The number of carbonyl (C=O) groups is 1. The lowest BCUT2D eigenvalue weighted by Gasteiger charge is -2.23. The van der Waals surface area contributed by atoms with E-state index in [2.05, 4.69) is 10.1 Å². The quantitative estimate of drug-likeness (QED) is 0.846. The first-order chi connectivity index (χ1) is 9.08. The normalized spacial score (nSPS) is 10.7. The molecule has 1 aromatic heterocycles. The second-order valence-electron chi connectivity index (χ2n) is 4.62. The fraction of sp³-hybridized carbons (Fsp3) is 0.357. The van der Waals surface area contributed by atoms with Crippen molar-refractivity contribution in [3.63, 3.8) is 0 Å². The summed E-state index contributed by atoms with van der Waals surface area (Å²) in [4.78, 5) is 17.5. The van der Waals surface area contributed by atoms with E-state index in [0.717, 1.165) is 5.56 Å². The van der Waals surface area contributed by atoms with Gasteiger partial charge in [0.15, 0.2) is 0 Å². The summed E-state index contributed by atoms with van der Waals surface area (Å²) in [5.74, 6) is 0.986. The van der Waals surface area contributed by atoms with Gasteiger partial charge < -0.3 is 9.42 Å². The molecule has 0 aliphatic carbocycles. The van der Waals surface area contributed by atoms with Crippen LogP contribution >= 0.6 is 0 Å². The van der Waals surface area contributed by atoms with Crippen molar-refractivity contribution in [3.05, 3.63) is 36.2 Å². The zero-order valence-corrected chi connectivity index (χ0v) is 11.3. The van der Waals surface area contributed by atoms with Crippen molar-refractivity contribution in [2.75, 3.05) is 0 Å². The van der Waals surface area contributed by atoms with Crippen molar-refractivity contribution in [3.8, 4) is 11.4 Å². The molecule has 0 fully saturated rings. The fourth-order valence-electron chi connectivity index (χ4n) is 1.83. The molecule has 5 heteroatoms. The highest BCUT2D eigenvalue weighted by Gasteiger charge is 2.17. The second kappa shape index (κ2) is 5.65. The standard InChI is InChI=1S/C14H17N3O2/c1-10(2)17(11(3)18)9-13-15-14(16-19-13)12-7-5-4-6-8-12/h4-8,10H,9H2,1-3H3. The largest absolute Gasteiger partial charge is 0.337 e. The molecule has 100 valence electrons. The van der Waals surface area contributed by atoms with Gasteiger partial charge in [-0.25, -0.2) is 0 Å². The molecule has 0 aliphatic rings. The summed E-state index contributed by atoms with van der Waals surface area (Å²) >= 11 is 0. The Morgan fingerprint density at radius 2 is 2.00 bits per heavy atom. The number of aromatic nitrogens is 2. The maximum absolute atomic E-state index is 11.5. The molecule has 0 saturated carbocycles. The summed E-state index contributed by atoms with van der Waals surface area (Å²) < 4.78 is 5.19. The van der Waals surface area contributed by atoms with Crippen LogP contribution in [0, 0.1) is 0 Å². The molecule has 0 saturated heterocycles. The third kappa shape index (κ3) is 3.19. The average molecular weight is 259 g/mol. The van der Waals surface area contributed by atoms with Gasteiger partial charge in [0.1, 0.15) is 6.54 Å². The SMILES string of the molecule is CC(=O)N(Cc1nc(-c2ccccc2)no1)C(C)C. The zero-order chi connectivity index (χ0) is 13.8. The minimum absolute atomic E-state index is 0.00513. The van der Waals surface area contributed by atoms with E-state index in [9.17, 15) is 4.79 Å². The predicted octanol–water partition coefficient (Wildman–Crippen LogP) is 2.49. The van der Waals surface area contributed by atoms with Gasteiger partial charge in [0.2, 0.25) is 17.6 Å². The third-order valence-electron chi connectivity index (χ3n) is 2.83. The topological polar surface area (TPSA) is 59.2 Å². The Bertz CT molecular complexity index is 549. The molecule has 1 aromatic carbocycles. The van der Waals surface area contributed by atoms with Gasteiger partial charge in [-0.1, -0.05) is 35.5 Å². The van der Waals surface area contributed by atoms with Crippen LogP contribution in [0.1, 0.15) is 26.7 Å². The summed E-state index contributed by atoms with van der Waals surface area (Å²) in [5.41, 5.74) is 0.899. The van der Waals surface area contributed by atoms with E-state index in [1.54, 1.807) is 4.90 Å². The molecule has 0 spiro atoms. The third-order valence-corrected chi connectivity index (χ3v) is 2.83. The molecule has 19 heavy (non-hydrogen) atoms. The monoisotopic (exact) mass is 259 g/mol. The van der Waals surface area contributed by atoms with E-state index >= 15 is 0 Å². The molecule has 0 bridgehead atoms. The van der Waals surface area contributed by atoms with Crippen molar-refractivity contribution < 1.29 is 9.32 Å². The number of amides is 1. The molecule has 5 nitrogen and oxygen atoms in total. The highest BCUT2D eigenvalue weighted by Crippen LogP contribution is 2.16. The van der Waals surface area contributed by atoms with Crippen LogP contribution < -0.4 is 0 Å². The van der Waals surface area contributed by atoms with Crippen molar-refractivity contribution in [2.24, 2.45) is 0 Å². The van der Waals surface area contributed by atoms with Crippen LogP contribution in [-0.4, -0.2) is 27.0 Å². The highest BCUT2D eigenvalue weighted by molar-refractivity contribution is 5.73. The van der Waals surface area contributed by atoms with Crippen LogP contribution in [0.4, 0.5) is 0 Å². The van der Waals surface area contributed by atoms with Crippen LogP contribution in [0.2, 0.25) is 0 Å². The lowest BCUT2D eigenvalue weighted by molar-refractivity contribution is -0.131. The van der Waals surface area contributed by atoms with Crippen molar-refractivity contribution in [1.29, 1.82) is 0 Å². The molecular weight excluding hydrogens is 242 g/mol.